The molecule has 0 atom stereocenters. The maximum atomic E-state index is 12.8. The van der Waals surface area contributed by atoms with E-state index in [0.717, 1.165) is 11.1 Å². The topological polar surface area (TPSA) is 56.6 Å². The van der Waals surface area contributed by atoms with Gasteiger partial charge < -0.3 is 14.4 Å². The second kappa shape index (κ2) is 9.87. The van der Waals surface area contributed by atoms with Crippen molar-refractivity contribution in [1.29, 1.82) is 0 Å². The molecule has 0 aliphatic rings. The van der Waals surface area contributed by atoms with Crippen molar-refractivity contribution >= 4 is 5.91 Å². The molecule has 0 aliphatic heterocycles. The Hall–Kier alpha value is -3.42. The minimum absolute atomic E-state index is 0.0302. The molecule has 6 nitrogen and oxygen atoms in total. The lowest BCUT2D eigenvalue weighted by molar-refractivity contribution is -0.0514. The number of carbonyl (C=O) groups excluding carboxylic acids is 1. The van der Waals surface area contributed by atoms with Gasteiger partial charge in [-0.1, -0.05) is 18.2 Å². The zero-order chi connectivity index (χ0) is 21.5. The first kappa shape index (κ1) is 21.3. The zero-order valence-electron chi connectivity index (χ0n) is 16.8. The van der Waals surface area contributed by atoms with E-state index in [9.17, 15) is 13.6 Å². The van der Waals surface area contributed by atoms with Crippen molar-refractivity contribution in [3.8, 4) is 11.5 Å². The molecule has 158 valence electrons. The lowest BCUT2D eigenvalue weighted by Gasteiger charge is -2.19. The average molecular weight is 415 g/mol. The first-order valence-electron chi connectivity index (χ1n) is 9.48. The van der Waals surface area contributed by atoms with Gasteiger partial charge in [0, 0.05) is 31.5 Å². The third-order valence-electron chi connectivity index (χ3n) is 4.40. The van der Waals surface area contributed by atoms with E-state index in [4.69, 9.17) is 4.74 Å². The normalized spacial score (nSPS) is 10.8. The van der Waals surface area contributed by atoms with Crippen molar-refractivity contribution in [3.63, 3.8) is 0 Å². The minimum Gasteiger partial charge on any atom is -0.490 e. The standard InChI is InChI=1S/C22H23F2N3O3/c1-3-29-20-13-17(7-10-19(20)30-22(23)24)14-26(2)21(28)18-8-5-16(6-9-18)15-27-12-4-11-25-27/h4-13,22H,3,14-15H2,1-2H3. The highest BCUT2D eigenvalue weighted by molar-refractivity contribution is 5.94. The molecular weight excluding hydrogens is 392 g/mol. The van der Waals surface area contributed by atoms with Crippen molar-refractivity contribution in [3.05, 3.63) is 77.6 Å². The van der Waals surface area contributed by atoms with Crippen molar-refractivity contribution in [1.82, 2.24) is 14.7 Å². The molecule has 30 heavy (non-hydrogen) atoms. The van der Waals surface area contributed by atoms with E-state index in [1.165, 1.54) is 6.07 Å². The fraction of sp³-hybridized carbons (Fsp3) is 0.273. The van der Waals surface area contributed by atoms with Crippen LogP contribution in [-0.4, -0.2) is 40.9 Å². The van der Waals surface area contributed by atoms with Crippen LogP contribution in [0.4, 0.5) is 8.78 Å². The minimum atomic E-state index is -2.93. The number of amides is 1. The quantitative estimate of drug-likeness (QED) is 0.526. The van der Waals surface area contributed by atoms with Crippen molar-refractivity contribution < 1.29 is 23.0 Å². The highest BCUT2D eigenvalue weighted by Crippen LogP contribution is 2.30. The summed E-state index contributed by atoms with van der Waals surface area (Å²) >= 11 is 0. The number of nitrogens with zero attached hydrogens (tertiary/aromatic N) is 3. The predicted molar refractivity (Wildman–Crippen MR) is 108 cm³/mol. The summed E-state index contributed by atoms with van der Waals surface area (Å²) in [7, 11) is 1.68. The van der Waals surface area contributed by atoms with Gasteiger partial charge in [-0.05, 0) is 48.4 Å². The molecule has 3 aromatic rings. The molecule has 1 heterocycles. The monoisotopic (exact) mass is 415 g/mol. The first-order chi connectivity index (χ1) is 14.5. The van der Waals surface area contributed by atoms with Crippen LogP contribution < -0.4 is 9.47 Å². The number of ether oxygens (including phenoxy) is 2. The molecule has 0 spiro atoms. The van der Waals surface area contributed by atoms with E-state index in [-0.39, 0.29) is 17.4 Å². The second-order valence-electron chi connectivity index (χ2n) is 6.65. The van der Waals surface area contributed by atoms with E-state index in [1.807, 2.05) is 24.4 Å². The summed E-state index contributed by atoms with van der Waals surface area (Å²) in [5.74, 6) is 0.0444. The second-order valence-corrected chi connectivity index (χ2v) is 6.65. The fourth-order valence-corrected chi connectivity index (χ4v) is 3.01. The molecular formula is C22H23F2N3O3. The van der Waals surface area contributed by atoms with E-state index in [0.29, 0.717) is 25.3 Å². The Morgan fingerprint density at radius 1 is 1.13 bits per heavy atom. The van der Waals surface area contributed by atoms with Gasteiger partial charge in [0.15, 0.2) is 11.5 Å². The summed E-state index contributed by atoms with van der Waals surface area (Å²) in [5, 5.41) is 4.17. The third kappa shape index (κ3) is 5.56. The fourth-order valence-electron chi connectivity index (χ4n) is 3.01. The molecule has 1 aromatic heterocycles. The van der Waals surface area contributed by atoms with Crippen LogP contribution >= 0.6 is 0 Å². The van der Waals surface area contributed by atoms with E-state index in [1.54, 1.807) is 54.0 Å². The molecule has 8 heteroatoms. The number of rotatable bonds is 9. The Balaban J connectivity index is 1.66. The number of benzene rings is 2. The molecule has 2 aromatic carbocycles. The van der Waals surface area contributed by atoms with Crippen LogP contribution in [0.2, 0.25) is 0 Å². The van der Waals surface area contributed by atoms with Gasteiger partial charge in [0.1, 0.15) is 0 Å². The van der Waals surface area contributed by atoms with Crippen LogP contribution in [0.5, 0.6) is 11.5 Å². The molecule has 0 saturated heterocycles. The Labute approximate surface area is 173 Å². The van der Waals surface area contributed by atoms with Crippen LogP contribution in [0.25, 0.3) is 0 Å². The van der Waals surface area contributed by atoms with Gasteiger partial charge in [-0.25, -0.2) is 0 Å². The van der Waals surface area contributed by atoms with Gasteiger partial charge in [0.05, 0.1) is 13.2 Å². The molecule has 0 N–H and O–H groups in total. The van der Waals surface area contributed by atoms with Crippen molar-refractivity contribution in [2.75, 3.05) is 13.7 Å². The van der Waals surface area contributed by atoms with Gasteiger partial charge in [-0.3, -0.25) is 9.48 Å². The SMILES string of the molecule is CCOc1cc(CN(C)C(=O)c2ccc(Cn3cccn3)cc2)ccc1OC(F)F. The van der Waals surface area contributed by atoms with Crippen LogP contribution in [-0.2, 0) is 13.1 Å². The molecule has 0 bridgehead atoms. The van der Waals surface area contributed by atoms with Crippen molar-refractivity contribution in [2.24, 2.45) is 0 Å². The Bertz CT molecular complexity index is 960. The van der Waals surface area contributed by atoms with E-state index >= 15 is 0 Å². The third-order valence-corrected chi connectivity index (χ3v) is 4.40. The number of hydrogen-bond donors (Lipinski definition) is 0. The van der Waals surface area contributed by atoms with E-state index < -0.39 is 6.61 Å². The predicted octanol–water partition coefficient (Wildman–Crippen LogP) is 4.20. The van der Waals surface area contributed by atoms with Crippen LogP contribution in [0.15, 0.2) is 60.9 Å². The molecule has 0 aliphatic carbocycles. The zero-order valence-corrected chi connectivity index (χ0v) is 16.8. The van der Waals surface area contributed by atoms with Gasteiger partial charge in [-0.15, -0.1) is 0 Å². The summed E-state index contributed by atoms with van der Waals surface area (Å²) in [6.07, 6.45) is 3.59. The van der Waals surface area contributed by atoms with Crippen molar-refractivity contribution in [2.45, 2.75) is 26.6 Å². The number of hydrogen-bond acceptors (Lipinski definition) is 4. The number of alkyl halides is 2. The molecule has 0 radical (unpaired) electrons. The molecule has 3 rings (SSSR count). The van der Waals surface area contributed by atoms with Crippen LogP contribution in [0.1, 0.15) is 28.4 Å². The summed E-state index contributed by atoms with van der Waals surface area (Å²) in [6.45, 7) is 0.0521. The summed E-state index contributed by atoms with van der Waals surface area (Å²) in [6, 6.07) is 13.9. The lowest BCUT2D eigenvalue weighted by Crippen LogP contribution is -2.26. The summed E-state index contributed by atoms with van der Waals surface area (Å²) in [5.41, 5.74) is 2.34. The molecule has 0 saturated carbocycles. The van der Waals surface area contributed by atoms with Crippen LogP contribution in [0, 0.1) is 0 Å². The van der Waals surface area contributed by atoms with Gasteiger partial charge in [-0.2, -0.15) is 13.9 Å². The highest BCUT2D eigenvalue weighted by Gasteiger charge is 2.15. The van der Waals surface area contributed by atoms with Gasteiger partial charge in [0.25, 0.3) is 5.91 Å². The molecule has 0 fully saturated rings. The van der Waals surface area contributed by atoms with E-state index in [2.05, 4.69) is 9.84 Å². The highest BCUT2D eigenvalue weighted by atomic mass is 19.3. The Kier molecular flexibility index (Phi) is 7.00. The summed E-state index contributed by atoms with van der Waals surface area (Å²) < 4.78 is 36.8. The lowest BCUT2D eigenvalue weighted by atomic mass is 10.1. The average Bonchev–Trinajstić information content (AvgIpc) is 3.23. The van der Waals surface area contributed by atoms with Gasteiger partial charge >= 0.3 is 6.61 Å². The smallest absolute Gasteiger partial charge is 0.387 e. The number of aromatic nitrogens is 2. The molecule has 1 amide bonds. The van der Waals surface area contributed by atoms with Gasteiger partial charge in [0.2, 0.25) is 0 Å². The first-order valence-corrected chi connectivity index (χ1v) is 9.48. The number of carbonyl (C=O) groups is 1. The number of halogens is 2. The largest absolute Gasteiger partial charge is 0.490 e. The Morgan fingerprint density at radius 3 is 2.50 bits per heavy atom. The Morgan fingerprint density at radius 2 is 1.87 bits per heavy atom. The van der Waals surface area contributed by atoms with Crippen LogP contribution in [0.3, 0.4) is 0 Å². The molecule has 0 unspecified atom stereocenters. The maximum Gasteiger partial charge on any atom is 0.387 e. The maximum absolute atomic E-state index is 12.8. The summed E-state index contributed by atoms with van der Waals surface area (Å²) in [4.78, 5) is 14.3.